The average molecular weight is 677 g/mol. The van der Waals surface area contributed by atoms with E-state index in [9.17, 15) is 10.1 Å². The van der Waals surface area contributed by atoms with Crippen LogP contribution in [0.2, 0.25) is 0 Å². The number of nitro groups is 1. The minimum Gasteiger partial charge on any atom is -0.489 e. The minimum absolute atomic E-state index is 0.0281. The van der Waals surface area contributed by atoms with E-state index in [-0.39, 0.29) is 5.69 Å². The summed E-state index contributed by atoms with van der Waals surface area (Å²) < 4.78 is 12.6. The summed E-state index contributed by atoms with van der Waals surface area (Å²) in [7, 11) is 0. The van der Waals surface area contributed by atoms with Crippen molar-refractivity contribution in [3.05, 3.63) is 154 Å². The topological polar surface area (TPSA) is 89.6 Å². The van der Waals surface area contributed by atoms with Crippen molar-refractivity contribution in [3.63, 3.8) is 0 Å². The molecule has 1 aliphatic rings. The molecule has 0 aromatic heterocycles. The molecule has 0 atom stereocenters. The van der Waals surface area contributed by atoms with Gasteiger partial charge in [0.05, 0.1) is 16.3 Å². The molecule has 0 unspecified atom stereocenters. The van der Waals surface area contributed by atoms with Crippen molar-refractivity contribution in [2.75, 3.05) is 29.5 Å². The minimum atomic E-state index is -0.427. The predicted molar refractivity (Wildman–Crippen MR) is 196 cm³/mol. The largest absolute Gasteiger partial charge is 0.489 e. The van der Waals surface area contributed by atoms with E-state index in [1.54, 1.807) is 12.1 Å². The van der Waals surface area contributed by atoms with Crippen LogP contribution in [0.25, 0.3) is 0 Å². The summed E-state index contributed by atoms with van der Waals surface area (Å²) in [5.41, 5.74) is 7.05. The molecule has 0 radical (unpaired) electrons. The van der Waals surface area contributed by atoms with Crippen molar-refractivity contribution < 1.29 is 14.4 Å². The number of nitrogens with zero attached hydrogens (tertiary/aromatic N) is 4. The fraction of sp³-hybridized carbons (Fsp3) is 0.211. The average Bonchev–Trinajstić information content (AvgIpc) is 3.12. The van der Waals surface area contributed by atoms with E-state index in [1.807, 2.05) is 47.8 Å². The fourth-order valence-electron chi connectivity index (χ4n) is 5.23. The molecule has 0 saturated heterocycles. The van der Waals surface area contributed by atoms with Crippen LogP contribution in [0.5, 0.6) is 11.5 Å². The molecule has 0 aliphatic carbocycles. The molecule has 2 bridgehead atoms. The highest BCUT2D eigenvalue weighted by atomic mass is 32.2. The second-order valence-electron chi connectivity index (χ2n) is 11.2. The van der Waals surface area contributed by atoms with Crippen molar-refractivity contribution in [3.8, 4) is 11.5 Å². The highest BCUT2D eigenvalue weighted by Gasteiger charge is 2.11. The molecule has 0 spiro atoms. The van der Waals surface area contributed by atoms with Gasteiger partial charge in [-0.2, -0.15) is 33.8 Å². The Balaban J connectivity index is 1.16. The summed E-state index contributed by atoms with van der Waals surface area (Å²) in [6.45, 7) is 2.79. The second kappa shape index (κ2) is 16.9. The van der Waals surface area contributed by atoms with Gasteiger partial charge in [-0.25, -0.2) is 0 Å². The molecule has 0 saturated carbocycles. The Bertz CT molecular complexity index is 1760. The van der Waals surface area contributed by atoms with Gasteiger partial charge in [-0.05, 0) is 65.7 Å². The van der Waals surface area contributed by atoms with Gasteiger partial charge < -0.3 is 14.4 Å². The van der Waals surface area contributed by atoms with Crippen LogP contribution in [0.15, 0.2) is 132 Å². The van der Waals surface area contributed by atoms with Gasteiger partial charge in [-0.1, -0.05) is 54.6 Å². The number of benzene rings is 5. The first kappa shape index (κ1) is 33.1. The number of nitro benzene ring substituents is 1. The fourth-order valence-corrected chi connectivity index (χ4v) is 7.13. The first-order chi connectivity index (χ1) is 23.6. The summed E-state index contributed by atoms with van der Waals surface area (Å²) in [6, 6.07) is 39.1. The quantitative estimate of drug-likeness (QED) is 0.106. The normalized spacial score (nSPS) is 14.6. The first-order valence-corrected chi connectivity index (χ1v) is 18.1. The molecule has 0 N–H and O–H groups in total. The molecule has 6 rings (SSSR count). The Hall–Kier alpha value is -4.80. The first-order valence-electron chi connectivity index (χ1n) is 15.8. The molecular formula is C38H36N4O4S2. The van der Waals surface area contributed by atoms with Gasteiger partial charge in [0.25, 0.3) is 5.69 Å². The summed E-state index contributed by atoms with van der Waals surface area (Å²) in [6.07, 6.45) is 0. The molecule has 1 aliphatic heterocycles. The Labute approximate surface area is 289 Å². The van der Waals surface area contributed by atoms with Crippen molar-refractivity contribution in [2.24, 2.45) is 10.2 Å². The van der Waals surface area contributed by atoms with Crippen LogP contribution < -0.4 is 14.4 Å². The zero-order valence-electron chi connectivity index (χ0n) is 26.4. The lowest BCUT2D eigenvalue weighted by Crippen LogP contribution is -2.28. The zero-order chi connectivity index (χ0) is 33.0. The number of rotatable bonds is 4. The Morgan fingerprint density at radius 2 is 1.12 bits per heavy atom. The lowest BCUT2D eigenvalue weighted by Gasteiger charge is -2.25. The maximum atomic E-state index is 10.9. The molecule has 0 fully saturated rings. The molecule has 244 valence electrons. The molecule has 5 aromatic rings. The summed E-state index contributed by atoms with van der Waals surface area (Å²) in [4.78, 5) is 12.9. The Morgan fingerprint density at radius 3 is 1.65 bits per heavy atom. The van der Waals surface area contributed by atoms with Crippen LogP contribution >= 0.6 is 23.5 Å². The Kier molecular flexibility index (Phi) is 11.6. The van der Waals surface area contributed by atoms with E-state index in [0.29, 0.717) is 24.6 Å². The smallest absolute Gasteiger partial charge is 0.269 e. The number of hydrogen-bond acceptors (Lipinski definition) is 9. The van der Waals surface area contributed by atoms with Crippen LogP contribution in [0, 0.1) is 10.1 Å². The monoisotopic (exact) mass is 676 g/mol. The lowest BCUT2D eigenvalue weighted by atomic mass is 10.1. The van der Waals surface area contributed by atoms with Crippen molar-refractivity contribution >= 4 is 46.3 Å². The third-order valence-corrected chi connectivity index (χ3v) is 9.78. The lowest BCUT2D eigenvalue weighted by molar-refractivity contribution is -0.384. The van der Waals surface area contributed by atoms with Gasteiger partial charge in [0.1, 0.15) is 24.7 Å². The van der Waals surface area contributed by atoms with E-state index in [2.05, 4.69) is 87.9 Å². The number of hydrogen-bond donors (Lipinski definition) is 0. The SMILES string of the molecule is O=[N+]([O-])c1ccc(N=Nc2ccc(N3CCSCc4ccccc4OCc4cccc(c4)COc4ccccc4CSCC3)cc2)cc1. The third-order valence-electron chi connectivity index (χ3n) is 7.81. The van der Waals surface area contributed by atoms with Crippen LogP contribution in [0.4, 0.5) is 22.7 Å². The van der Waals surface area contributed by atoms with Gasteiger partial charge in [0.15, 0.2) is 0 Å². The van der Waals surface area contributed by atoms with E-state index < -0.39 is 4.92 Å². The third kappa shape index (κ3) is 9.39. The highest BCUT2D eigenvalue weighted by molar-refractivity contribution is 7.98. The van der Waals surface area contributed by atoms with E-state index in [0.717, 1.165) is 64.4 Å². The number of ether oxygens (including phenoxy) is 2. The number of non-ortho nitro benzene ring substituents is 1. The van der Waals surface area contributed by atoms with E-state index in [1.165, 1.54) is 23.3 Å². The standard InChI is InChI=1S/C38H36N4O4S2/c43-42(44)36-18-14-34(15-19-36)40-39-33-12-16-35(17-13-33)41-20-22-47-27-31-8-1-3-10-37(31)45-25-29-6-5-7-30(24-29)26-46-38-11-4-2-9-32(38)28-48-23-21-41/h1-19,24H,20-23,25-28H2. The maximum absolute atomic E-state index is 10.9. The number of para-hydroxylation sites is 2. The number of azo groups is 1. The number of thioether (sulfide) groups is 2. The zero-order valence-corrected chi connectivity index (χ0v) is 28.1. The van der Waals surface area contributed by atoms with Crippen LogP contribution in [0.1, 0.15) is 22.3 Å². The van der Waals surface area contributed by atoms with Gasteiger partial charge in [-0.15, -0.1) is 0 Å². The van der Waals surface area contributed by atoms with Gasteiger partial charge in [-0.3, -0.25) is 10.1 Å². The molecule has 1 heterocycles. The van der Waals surface area contributed by atoms with Gasteiger partial charge in [0.2, 0.25) is 0 Å². The number of anilines is 1. The highest BCUT2D eigenvalue weighted by Crippen LogP contribution is 2.29. The maximum Gasteiger partial charge on any atom is 0.269 e. The second-order valence-corrected chi connectivity index (χ2v) is 13.4. The van der Waals surface area contributed by atoms with Gasteiger partial charge >= 0.3 is 0 Å². The van der Waals surface area contributed by atoms with E-state index in [4.69, 9.17) is 9.47 Å². The predicted octanol–water partition coefficient (Wildman–Crippen LogP) is 10.2. The Morgan fingerprint density at radius 1 is 0.625 bits per heavy atom. The van der Waals surface area contributed by atoms with E-state index >= 15 is 0 Å². The summed E-state index contributed by atoms with van der Waals surface area (Å²) in [5.74, 6) is 5.48. The van der Waals surface area contributed by atoms with Crippen LogP contribution in [0.3, 0.4) is 0 Å². The van der Waals surface area contributed by atoms with Crippen LogP contribution in [-0.2, 0) is 24.7 Å². The molecule has 0 amide bonds. The molecule has 8 nitrogen and oxygen atoms in total. The molecule has 10 heteroatoms. The van der Waals surface area contributed by atoms with Crippen molar-refractivity contribution in [1.82, 2.24) is 0 Å². The summed E-state index contributed by atoms with van der Waals surface area (Å²) in [5, 5.41) is 19.5. The summed E-state index contributed by atoms with van der Waals surface area (Å²) >= 11 is 3.81. The van der Waals surface area contributed by atoms with Crippen molar-refractivity contribution in [2.45, 2.75) is 24.7 Å². The number of fused-ring (bicyclic) bond motifs is 4. The van der Waals surface area contributed by atoms with Crippen LogP contribution in [-0.4, -0.2) is 29.5 Å². The van der Waals surface area contributed by atoms with Crippen molar-refractivity contribution in [1.29, 1.82) is 0 Å². The molecule has 5 aromatic carbocycles. The molecule has 48 heavy (non-hydrogen) atoms. The van der Waals surface area contributed by atoms with Gasteiger partial charge in [0, 0.05) is 65.0 Å². The molecular weight excluding hydrogens is 641 g/mol.